The van der Waals surface area contributed by atoms with Gasteiger partial charge in [0.1, 0.15) is 17.1 Å². The van der Waals surface area contributed by atoms with Crippen molar-refractivity contribution in [3.05, 3.63) is 16.6 Å². The van der Waals surface area contributed by atoms with Crippen LogP contribution in [0.4, 0.5) is 0 Å². The zero-order valence-corrected chi connectivity index (χ0v) is 13.7. The Morgan fingerprint density at radius 2 is 2.19 bits per heavy atom. The molecule has 0 aromatic carbocycles. The number of nitrogens with zero attached hydrogens (tertiary/aromatic N) is 2. The van der Waals surface area contributed by atoms with Crippen molar-refractivity contribution in [1.29, 1.82) is 0 Å². The third-order valence-corrected chi connectivity index (χ3v) is 4.85. The Morgan fingerprint density at radius 3 is 2.76 bits per heavy atom. The van der Waals surface area contributed by atoms with Gasteiger partial charge in [-0.1, -0.05) is 33.6 Å². The Labute approximate surface area is 129 Å². The molecule has 1 N–H and O–H groups in total. The van der Waals surface area contributed by atoms with Crippen LogP contribution in [0.15, 0.2) is 11.6 Å². The van der Waals surface area contributed by atoms with E-state index < -0.39 is 6.04 Å². The standard InChI is InChI=1S/C15H23N3O2S/c1-4-6-11-14(19)17-13(10(3)5-2)15(20)18(11)9-12-16-7-8-21-12/h7-8,10-11,13H,4-6,9H2,1-3H3,(H,17,19). The molecule has 2 heterocycles. The highest BCUT2D eigenvalue weighted by Gasteiger charge is 2.41. The maximum Gasteiger partial charge on any atom is 0.246 e. The van der Waals surface area contributed by atoms with Gasteiger partial charge in [0.05, 0.1) is 6.54 Å². The number of rotatable bonds is 6. The zero-order chi connectivity index (χ0) is 15.4. The molecule has 0 spiro atoms. The molecule has 0 saturated carbocycles. The minimum absolute atomic E-state index is 0.0256. The van der Waals surface area contributed by atoms with Gasteiger partial charge in [-0.25, -0.2) is 4.98 Å². The van der Waals surface area contributed by atoms with Gasteiger partial charge < -0.3 is 10.2 Å². The van der Waals surface area contributed by atoms with E-state index in [1.807, 2.05) is 26.2 Å². The quantitative estimate of drug-likeness (QED) is 0.876. The van der Waals surface area contributed by atoms with Gasteiger partial charge in [0.15, 0.2) is 0 Å². The van der Waals surface area contributed by atoms with Crippen LogP contribution in [0.3, 0.4) is 0 Å². The zero-order valence-electron chi connectivity index (χ0n) is 12.8. The van der Waals surface area contributed by atoms with Crippen LogP contribution in [0, 0.1) is 5.92 Å². The molecule has 1 fully saturated rings. The molecule has 1 aromatic heterocycles. The third kappa shape index (κ3) is 3.43. The molecule has 1 aliphatic rings. The molecular weight excluding hydrogens is 286 g/mol. The van der Waals surface area contributed by atoms with E-state index in [2.05, 4.69) is 10.3 Å². The van der Waals surface area contributed by atoms with Crippen LogP contribution in [0.1, 0.15) is 45.0 Å². The van der Waals surface area contributed by atoms with E-state index in [-0.39, 0.29) is 23.8 Å². The largest absolute Gasteiger partial charge is 0.342 e. The molecule has 2 amide bonds. The van der Waals surface area contributed by atoms with Crippen molar-refractivity contribution in [2.75, 3.05) is 0 Å². The first-order chi connectivity index (χ1) is 10.1. The van der Waals surface area contributed by atoms with Crippen LogP contribution in [0.25, 0.3) is 0 Å². The minimum atomic E-state index is -0.407. The van der Waals surface area contributed by atoms with Crippen molar-refractivity contribution < 1.29 is 9.59 Å². The van der Waals surface area contributed by atoms with Crippen LogP contribution in [0.5, 0.6) is 0 Å². The number of aromatic nitrogens is 1. The highest BCUT2D eigenvalue weighted by Crippen LogP contribution is 2.23. The fourth-order valence-electron chi connectivity index (χ4n) is 2.63. The Kier molecular flexibility index (Phi) is 5.33. The van der Waals surface area contributed by atoms with Crippen molar-refractivity contribution in [3.8, 4) is 0 Å². The first-order valence-corrected chi connectivity index (χ1v) is 8.45. The number of hydrogen-bond acceptors (Lipinski definition) is 4. The monoisotopic (exact) mass is 309 g/mol. The first kappa shape index (κ1) is 15.9. The molecule has 0 aliphatic carbocycles. The lowest BCUT2D eigenvalue weighted by atomic mass is 9.93. The van der Waals surface area contributed by atoms with E-state index in [1.54, 1.807) is 11.1 Å². The molecule has 0 bridgehead atoms. The number of carbonyl (C=O) groups excluding carboxylic acids is 2. The molecule has 1 aromatic rings. The summed E-state index contributed by atoms with van der Waals surface area (Å²) < 4.78 is 0. The summed E-state index contributed by atoms with van der Waals surface area (Å²) in [6.07, 6.45) is 4.15. The number of carbonyl (C=O) groups is 2. The van der Waals surface area contributed by atoms with E-state index in [0.29, 0.717) is 13.0 Å². The lowest BCUT2D eigenvalue weighted by Crippen LogP contribution is -2.64. The average molecular weight is 309 g/mol. The van der Waals surface area contributed by atoms with E-state index in [9.17, 15) is 9.59 Å². The molecule has 1 aliphatic heterocycles. The second-order valence-electron chi connectivity index (χ2n) is 5.57. The summed E-state index contributed by atoms with van der Waals surface area (Å²) in [5.74, 6) is 0.138. The predicted octanol–water partition coefficient (Wildman–Crippen LogP) is 2.18. The Balaban J connectivity index is 2.23. The Morgan fingerprint density at radius 1 is 1.43 bits per heavy atom. The van der Waals surface area contributed by atoms with Crippen LogP contribution >= 0.6 is 11.3 Å². The summed E-state index contributed by atoms with van der Waals surface area (Å²) in [6.45, 7) is 6.50. The SMILES string of the molecule is CCCC1C(=O)NC(C(C)CC)C(=O)N1Cc1nccs1. The predicted molar refractivity (Wildman–Crippen MR) is 82.7 cm³/mol. The van der Waals surface area contributed by atoms with Crippen LogP contribution in [-0.4, -0.2) is 33.8 Å². The molecule has 116 valence electrons. The molecule has 3 atom stereocenters. The molecule has 21 heavy (non-hydrogen) atoms. The van der Waals surface area contributed by atoms with E-state index in [1.165, 1.54) is 11.3 Å². The lowest BCUT2D eigenvalue weighted by molar-refractivity contribution is -0.151. The van der Waals surface area contributed by atoms with E-state index in [4.69, 9.17) is 0 Å². The van der Waals surface area contributed by atoms with Gasteiger partial charge in [0, 0.05) is 11.6 Å². The van der Waals surface area contributed by atoms with Crippen molar-refractivity contribution in [1.82, 2.24) is 15.2 Å². The summed E-state index contributed by atoms with van der Waals surface area (Å²) in [7, 11) is 0. The van der Waals surface area contributed by atoms with Gasteiger partial charge in [-0.3, -0.25) is 9.59 Å². The van der Waals surface area contributed by atoms with Crippen LogP contribution < -0.4 is 5.32 Å². The van der Waals surface area contributed by atoms with Gasteiger partial charge in [0.2, 0.25) is 11.8 Å². The second kappa shape index (κ2) is 7.02. The van der Waals surface area contributed by atoms with Crippen molar-refractivity contribution in [2.45, 2.75) is 58.7 Å². The fourth-order valence-corrected chi connectivity index (χ4v) is 3.25. The van der Waals surface area contributed by atoms with Crippen molar-refractivity contribution in [2.24, 2.45) is 5.92 Å². The Hall–Kier alpha value is -1.43. The summed E-state index contributed by atoms with van der Waals surface area (Å²) in [5, 5.41) is 5.68. The summed E-state index contributed by atoms with van der Waals surface area (Å²) in [6, 6.07) is -0.776. The fraction of sp³-hybridized carbons (Fsp3) is 0.667. The number of thiazole rings is 1. The van der Waals surface area contributed by atoms with E-state index >= 15 is 0 Å². The highest BCUT2D eigenvalue weighted by molar-refractivity contribution is 7.09. The van der Waals surface area contributed by atoms with Crippen LogP contribution in [0.2, 0.25) is 0 Å². The Bertz CT molecular complexity index is 489. The lowest BCUT2D eigenvalue weighted by Gasteiger charge is -2.40. The number of amides is 2. The average Bonchev–Trinajstić information content (AvgIpc) is 2.98. The maximum atomic E-state index is 12.8. The van der Waals surface area contributed by atoms with Gasteiger partial charge in [0.25, 0.3) is 0 Å². The molecule has 2 rings (SSSR count). The molecule has 6 heteroatoms. The number of hydrogen-bond donors (Lipinski definition) is 1. The van der Waals surface area contributed by atoms with E-state index in [0.717, 1.165) is 17.8 Å². The normalized spacial score (nSPS) is 24.0. The van der Waals surface area contributed by atoms with Gasteiger partial charge in [-0.2, -0.15) is 0 Å². The smallest absolute Gasteiger partial charge is 0.246 e. The number of piperazine rings is 1. The van der Waals surface area contributed by atoms with Gasteiger partial charge in [-0.05, 0) is 12.3 Å². The summed E-state index contributed by atoms with van der Waals surface area (Å²) in [4.78, 5) is 31.1. The topological polar surface area (TPSA) is 62.3 Å². The molecule has 5 nitrogen and oxygen atoms in total. The minimum Gasteiger partial charge on any atom is -0.342 e. The van der Waals surface area contributed by atoms with Crippen LogP contribution in [-0.2, 0) is 16.1 Å². The third-order valence-electron chi connectivity index (χ3n) is 4.09. The van der Waals surface area contributed by atoms with Gasteiger partial charge in [-0.15, -0.1) is 11.3 Å². The molecular formula is C15H23N3O2S. The summed E-state index contributed by atoms with van der Waals surface area (Å²) in [5.41, 5.74) is 0. The van der Waals surface area contributed by atoms with Crippen molar-refractivity contribution in [3.63, 3.8) is 0 Å². The maximum absolute atomic E-state index is 12.8. The second-order valence-corrected chi connectivity index (χ2v) is 6.55. The van der Waals surface area contributed by atoms with Crippen molar-refractivity contribution >= 4 is 23.2 Å². The molecule has 0 radical (unpaired) electrons. The number of nitrogens with one attached hydrogen (secondary N) is 1. The molecule has 1 saturated heterocycles. The highest BCUT2D eigenvalue weighted by atomic mass is 32.1. The van der Waals surface area contributed by atoms with Gasteiger partial charge >= 0.3 is 0 Å². The molecule has 3 unspecified atom stereocenters. The first-order valence-electron chi connectivity index (χ1n) is 7.57. The summed E-state index contributed by atoms with van der Waals surface area (Å²) >= 11 is 1.52.